The molecule has 0 saturated heterocycles. The van der Waals surface area contributed by atoms with Crippen molar-refractivity contribution in [2.24, 2.45) is 13.0 Å². The second kappa shape index (κ2) is 9.56. The van der Waals surface area contributed by atoms with Gasteiger partial charge in [-0.2, -0.15) is 4.31 Å². The Labute approximate surface area is 167 Å². The molecule has 9 heteroatoms. The number of ether oxygens (including phenoxy) is 1. The summed E-state index contributed by atoms with van der Waals surface area (Å²) in [6.07, 6.45) is 5.42. The lowest BCUT2D eigenvalue weighted by Crippen LogP contribution is -2.39. The fraction of sp³-hybridized carbons (Fsp3) is 0.684. The number of esters is 1. The van der Waals surface area contributed by atoms with Crippen molar-refractivity contribution in [2.75, 3.05) is 19.7 Å². The van der Waals surface area contributed by atoms with Crippen molar-refractivity contribution in [1.29, 1.82) is 0 Å². The molecule has 0 radical (unpaired) electrons. The molecule has 28 heavy (non-hydrogen) atoms. The summed E-state index contributed by atoms with van der Waals surface area (Å²) in [4.78, 5) is 24.4. The summed E-state index contributed by atoms with van der Waals surface area (Å²) in [5, 5.41) is 2.89. The maximum absolute atomic E-state index is 12.6. The molecule has 0 atom stereocenters. The van der Waals surface area contributed by atoms with Gasteiger partial charge in [0.2, 0.25) is 10.0 Å². The predicted molar refractivity (Wildman–Crippen MR) is 105 cm³/mol. The zero-order valence-electron chi connectivity index (χ0n) is 17.1. The third-order valence-electron chi connectivity index (χ3n) is 5.25. The summed E-state index contributed by atoms with van der Waals surface area (Å²) in [6.45, 7) is 6.01. The van der Waals surface area contributed by atoms with Gasteiger partial charge in [-0.15, -0.1) is 0 Å². The summed E-state index contributed by atoms with van der Waals surface area (Å²) in [7, 11) is -2.10. The highest BCUT2D eigenvalue weighted by molar-refractivity contribution is 7.89. The van der Waals surface area contributed by atoms with Crippen LogP contribution < -0.4 is 5.32 Å². The van der Waals surface area contributed by atoms with Gasteiger partial charge in [0, 0.05) is 32.4 Å². The fourth-order valence-electron chi connectivity index (χ4n) is 3.47. The molecule has 1 amide bonds. The summed E-state index contributed by atoms with van der Waals surface area (Å²) in [6, 6.07) is 1.42. The largest absolute Gasteiger partial charge is 0.451 e. The zero-order chi connectivity index (χ0) is 20.9. The number of nitrogens with zero attached hydrogens (tertiary/aromatic N) is 2. The highest BCUT2D eigenvalue weighted by Crippen LogP contribution is 2.23. The molecule has 0 aromatic carbocycles. The van der Waals surface area contributed by atoms with Crippen LogP contribution in [0.5, 0.6) is 0 Å². The molecular formula is C19H31N3O5S. The lowest BCUT2D eigenvalue weighted by atomic mass is 9.87. The number of carbonyl (C=O) groups is 2. The number of aromatic nitrogens is 1. The molecule has 1 saturated carbocycles. The second-order valence-corrected chi connectivity index (χ2v) is 9.30. The number of carbonyl (C=O) groups excluding carboxylic acids is 2. The Kier molecular flexibility index (Phi) is 7.65. The molecule has 1 aliphatic carbocycles. The van der Waals surface area contributed by atoms with Crippen LogP contribution in [0.25, 0.3) is 0 Å². The van der Waals surface area contributed by atoms with Gasteiger partial charge in [-0.05, 0) is 37.7 Å². The van der Waals surface area contributed by atoms with Crippen LogP contribution in [0, 0.1) is 5.92 Å². The molecular weight excluding hydrogens is 382 g/mol. The first-order chi connectivity index (χ1) is 13.2. The lowest BCUT2D eigenvalue weighted by Gasteiger charge is -2.26. The van der Waals surface area contributed by atoms with E-state index in [0.29, 0.717) is 19.0 Å². The highest BCUT2D eigenvalue weighted by Gasteiger charge is 2.26. The standard InChI is InChI=1S/C19H31N3O5S/c1-5-22(6-2)28(25,26)16-11-17(21(4)12-16)19(24)27-13-18(23)20-15-9-7-14(3)8-10-15/h11-12,14-15H,5-10,13H2,1-4H3,(H,20,23). The molecule has 0 bridgehead atoms. The molecule has 1 aromatic heterocycles. The van der Waals surface area contributed by atoms with E-state index in [1.54, 1.807) is 20.9 Å². The van der Waals surface area contributed by atoms with E-state index in [-0.39, 0.29) is 29.1 Å². The molecule has 1 aliphatic rings. The van der Waals surface area contributed by atoms with E-state index < -0.39 is 16.0 Å². The molecule has 1 heterocycles. The van der Waals surface area contributed by atoms with E-state index in [1.165, 1.54) is 21.1 Å². The third-order valence-corrected chi connectivity index (χ3v) is 7.26. The van der Waals surface area contributed by atoms with Gasteiger partial charge >= 0.3 is 5.97 Å². The Morgan fingerprint density at radius 3 is 2.39 bits per heavy atom. The van der Waals surface area contributed by atoms with Gasteiger partial charge in [0.25, 0.3) is 5.91 Å². The Morgan fingerprint density at radius 1 is 1.21 bits per heavy atom. The van der Waals surface area contributed by atoms with Crippen LogP contribution in [0.2, 0.25) is 0 Å². The third kappa shape index (κ3) is 5.35. The van der Waals surface area contributed by atoms with E-state index in [1.807, 2.05) is 0 Å². The van der Waals surface area contributed by atoms with Crippen molar-refractivity contribution in [1.82, 2.24) is 14.2 Å². The number of nitrogens with one attached hydrogen (secondary N) is 1. The van der Waals surface area contributed by atoms with E-state index in [0.717, 1.165) is 25.7 Å². The molecule has 1 N–H and O–H groups in total. The minimum absolute atomic E-state index is 0.0337. The quantitative estimate of drug-likeness (QED) is 0.657. The molecule has 0 unspecified atom stereocenters. The summed E-state index contributed by atoms with van der Waals surface area (Å²) < 4.78 is 33.0. The summed E-state index contributed by atoms with van der Waals surface area (Å²) in [5.74, 6) is -0.376. The highest BCUT2D eigenvalue weighted by atomic mass is 32.2. The number of amides is 1. The number of hydrogen-bond donors (Lipinski definition) is 1. The Balaban J connectivity index is 1.96. The van der Waals surface area contributed by atoms with Crippen molar-refractivity contribution in [2.45, 2.75) is 57.4 Å². The lowest BCUT2D eigenvalue weighted by molar-refractivity contribution is -0.125. The molecule has 158 valence electrons. The Morgan fingerprint density at radius 2 is 1.82 bits per heavy atom. The van der Waals surface area contributed by atoms with Crippen LogP contribution in [0.15, 0.2) is 17.2 Å². The zero-order valence-corrected chi connectivity index (χ0v) is 17.9. The van der Waals surface area contributed by atoms with Gasteiger partial charge < -0.3 is 14.6 Å². The maximum Gasteiger partial charge on any atom is 0.355 e. The van der Waals surface area contributed by atoms with Crippen molar-refractivity contribution in [3.63, 3.8) is 0 Å². The molecule has 1 aromatic rings. The fourth-order valence-corrected chi connectivity index (χ4v) is 5.00. The van der Waals surface area contributed by atoms with Crippen LogP contribution in [-0.2, 0) is 26.6 Å². The topological polar surface area (TPSA) is 97.7 Å². The number of sulfonamides is 1. The molecule has 1 fully saturated rings. The first-order valence-corrected chi connectivity index (χ1v) is 11.3. The number of aryl methyl sites for hydroxylation is 1. The summed E-state index contributed by atoms with van der Waals surface area (Å²) in [5.41, 5.74) is 0.0880. The van der Waals surface area contributed by atoms with Gasteiger partial charge in [-0.1, -0.05) is 20.8 Å². The van der Waals surface area contributed by atoms with Crippen molar-refractivity contribution in [3.05, 3.63) is 18.0 Å². The molecule has 2 rings (SSSR count). The molecule has 0 spiro atoms. The van der Waals surface area contributed by atoms with Crippen LogP contribution >= 0.6 is 0 Å². The first-order valence-electron chi connectivity index (χ1n) is 9.82. The number of hydrogen-bond acceptors (Lipinski definition) is 5. The van der Waals surface area contributed by atoms with Crippen LogP contribution in [0.3, 0.4) is 0 Å². The van der Waals surface area contributed by atoms with Gasteiger partial charge in [0.15, 0.2) is 6.61 Å². The van der Waals surface area contributed by atoms with Gasteiger partial charge in [0.1, 0.15) is 10.6 Å². The minimum Gasteiger partial charge on any atom is -0.451 e. The maximum atomic E-state index is 12.6. The first kappa shape index (κ1) is 22.4. The number of rotatable bonds is 8. The van der Waals surface area contributed by atoms with E-state index in [4.69, 9.17) is 4.74 Å². The Bertz CT molecular complexity index is 790. The monoisotopic (exact) mass is 413 g/mol. The molecule has 8 nitrogen and oxygen atoms in total. The van der Waals surface area contributed by atoms with Crippen LogP contribution in [0.4, 0.5) is 0 Å². The van der Waals surface area contributed by atoms with Gasteiger partial charge in [-0.25, -0.2) is 13.2 Å². The van der Waals surface area contributed by atoms with E-state index in [9.17, 15) is 18.0 Å². The van der Waals surface area contributed by atoms with Crippen LogP contribution in [-0.4, -0.2) is 54.9 Å². The van der Waals surface area contributed by atoms with Crippen molar-refractivity contribution < 1.29 is 22.7 Å². The van der Waals surface area contributed by atoms with Crippen molar-refractivity contribution >= 4 is 21.9 Å². The normalized spacial score (nSPS) is 20.2. The average molecular weight is 414 g/mol. The summed E-state index contributed by atoms with van der Waals surface area (Å²) >= 11 is 0. The predicted octanol–water partition coefficient (Wildman–Crippen LogP) is 1.91. The minimum atomic E-state index is -3.67. The smallest absolute Gasteiger partial charge is 0.355 e. The SMILES string of the molecule is CCN(CC)S(=O)(=O)c1cc(C(=O)OCC(=O)NC2CCC(C)CC2)n(C)c1. The van der Waals surface area contributed by atoms with Crippen LogP contribution in [0.1, 0.15) is 56.9 Å². The molecule has 0 aliphatic heterocycles. The Hall–Kier alpha value is -1.87. The second-order valence-electron chi connectivity index (χ2n) is 7.36. The van der Waals surface area contributed by atoms with Gasteiger partial charge in [-0.3, -0.25) is 4.79 Å². The van der Waals surface area contributed by atoms with Gasteiger partial charge in [0.05, 0.1) is 0 Å². The average Bonchev–Trinajstić information content (AvgIpc) is 3.05. The van der Waals surface area contributed by atoms with E-state index in [2.05, 4.69) is 12.2 Å². The van der Waals surface area contributed by atoms with Crippen molar-refractivity contribution in [3.8, 4) is 0 Å². The van der Waals surface area contributed by atoms with E-state index >= 15 is 0 Å².